The summed E-state index contributed by atoms with van der Waals surface area (Å²) in [6.07, 6.45) is 5.94. The molecule has 1 atom stereocenters. The normalized spacial score (nSPS) is 18.5. The molecule has 24 heavy (non-hydrogen) atoms. The van der Waals surface area contributed by atoms with E-state index < -0.39 is 0 Å². The summed E-state index contributed by atoms with van der Waals surface area (Å²) in [6.45, 7) is 2.05. The molecule has 1 amide bonds. The molecule has 1 fully saturated rings. The number of aryl methyl sites for hydroxylation is 1. The van der Waals surface area contributed by atoms with Gasteiger partial charge in [-0.25, -0.2) is 4.98 Å². The van der Waals surface area contributed by atoms with Gasteiger partial charge in [-0.1, -0.05) is 23.9 Å². The second-order valence-corrected chi connectivity index (χ2v) is 7.33. The Morgan fingerprint density at radius 1 is 1.42 bits per heavy atom. The van der Waals surface area contributed by atoms with E-state index in [1.807, 2.05) is 36.0 Å². The molecule has 1 saturated heterocycles. The number of carbonyl (C=O) groups excluding carboxylic acids is 1. The van der Waals surface area contributed by atoms with Crippen molar-refractivity contribution in [2.45, 2.75) is 29.8 Å². The third-order valence-corrected chi connectivity index (χ3v) is 5.42. The first kappa shape index (κ1) is 17.0. The van der Waals surface area contributed by atoms with E-state index in [0.29, 0.717) is 0 Å². The second-order valence-electron chi connectivity index (χ2n) is 6.38. The molecule has 0 unspecified atom stereocenters. The molecule has 128 valence electrons. The Balaban J connectivity index is 1.59. The maximum absolute atomic E-state index is 12.5. The van der Waals surface area contributed by atoms with Crippen LogP contribution < -0.4 is 5.32 Å². The van der Waals surface area contributed by atoms with Gasteiger partial charge >= 0.3 is 0 Å². The molecular weight excluding hydrogens is 320 g/mol. The summed E-state index contributed by atoms with van der Waals surface area (Å²) in [5.41, 5.74) is 1.87. The Kier molecular flexibility index (Phi) is 5.58. The predicted molar refractivity (Wildman–Crippen MR) is 97.2 cm³/mol. The largest absolute Gasteiger partial charge is 0.348 e. The lowest BCUT2D eigenvalue weighted by Gasteiger charge is -2.30. The highest BCUT2D eigenvalue weighted by atomic mass is 32.2. The summed E-state index contributed by atoms with van der Waals surface area (Å²) in [7, 11) is 4.09. The highest BCUT2D eigenvalue weighted by Gasteiger charge is 2.19. The number of hydrogen-bond donors (Lipinski definition) is 1. The molecule has 2 heterocycles. The zero-order valence-electron chi connectivity index (χ0n) is 14.2. The summed E-state index contributed by atoms with van der Waals surface area (Å²) >= 11 is 1.68. The Morgan fingerprint density at radius 3 is 3.04 bits per heavy atom. The van der Waals surface area contributed by atoms with Gasteiger partial charge < -0.3 is 14.8 Å². The summed E-state index contributed by atoms with van der Waals surface area (Å²) < 4.78 is 2.00. The summed E-state index contributed by atoms with van der Waals surface area (Å²) in [5, 5.41) is 4.15. The number of hydrogen-bond acceptors (Lipinski definition) is 4. The standard InChI is InChI=1S/C18H24N4OS/c1-21-9-4-7-16(12-21)20-17(23)15-6-3-5-14(11-15)13-24-18-19-8-10-22(18)2/h3,5-6,8,10-11,16H,4,7,9,12-13H2,1-2H3,(H,20,23)/t16-/m1/s1. The number of nitrogens with zero attached hydrogens (tertiary/aromatic N) is 3. The Hall–Kier alpha value is -1.79. The quantitative estimate of drug-likeness (QED) is 0.847. The number of likely N-dealkylation sites (tertiary alicyclic amines) is 1. The minimum Gasteiger partial charge on any atom is -0.348 e. The topological polar surface area (TPSA) is 50.2 Å². The fraction of sp³-hybridized carbons (Fsp3) is 0.444. The maximum atomic E-state index is 12.5. The van der Waals surface area contributed by atoms with Crippen LogP contribution >= 0.6 is 11.8 Å². The second kappa shape index (κ2) is 7.85. The number of rotatable bonds is 5. The van der Waals surface area contributed by atoms with Crippen molar-refractivity contribution in [2.75, 3.05) is 20.1 Å². The molecular formula is C18H24N4OS. The fourth-order valence-corrected chi connectivity index (χ4v) is 3.87. The molecule has 1 aliphatic heterocycles. The molecule has 1 aromatic heterocycles. The summed E-state index contributed by atoms with van der Waals surface area (Å²) in [4.78, 5) is 19.1. The van der Waals surface area contributed by atoms with E-state index in [-0.39, 0.29) is 11.9 Å². The molecule has 6 heteroatoms. The van der Waals surface area contributed by atoms with Crippen molar-refractivity contribution in [1.29, 1.82) is 0 Å². The van der Waals surface area contributed by atoms with Crippen LogP contribution in [0.5, 0.6) is 0 Å². The molecule has 1 aliphatic rings. The van der Waals surface area contributed by atoms with Crippen molar-refractivity contribution in [2.24, 2.45) is 7.05 Å². The van der Waals surface area contributed by atoms with Crippen molar-refractivity contribution >= 4 is 17.7 Å². The Bertz CT molecular complexity index is 700. The fourth-order valence-electron chi connectivity index (χ4n) is 2.99. The third-order valence-electron chi connectivity index (χ3n) is 4.29. The van der Waals surface area contributed by atoms with Gasteiger partial charge in [0, 0.05) is 43.3 Å². The van der Waals surface area contributed by atoms with Crippen LogP contribution in [0.3, 0.4) is 0 Å². The van der Waals surface area contributed by atoms with Gasteiger partial charge in [0.1, 0.15) is 0 Å². The van der Waals surface area contributed by atoms with Gasteiger partial charge in [-0.05, 0) is 44.1 Å². The first-order chi connectivity index (χ1) is 11.6. The van der Waals surface area contributed by atoms with E-state index in [1.54, 1.807) is 18.0 Å². The van der Waals surface area contributed by atoms with Gasteiger partial charge in [0.15, 0.2) is 5.16 Å². The van der Waals surface area contributed by atoms with Crippen LogP contribution in [-0.4, -0.2) is 46.5 Å². The molecule has 0 aliphatic carbocycles. The number of piperidine rings is 1. The third kappa shape index (κ3) is 4.39. The Labute approximate surface area is 147 Å². The number of likely N-dealkylation sites (N-methyl/N-ethyl adjacent to an activating group) is 1. The van der Waals surface area contributed by atoms with Crippen molar-refractivity contribution < 1.29 is 4.79 Å². The number of imidazole rings is 1. The van der Waals surface area contributed by atoms with Crippen LogP contribution in [0.1, 0.15) is 28.8 Å². The zero-order chi connectivity index (χ0) is 16.9. The average molecular weight is 344 g/mol. The molecule has 3 rings (SSSR count). The van der Waals surface area contributed by atoms with Gasteiger partial charge in [-0.15, -0.1) is 0 Å². The number of amides is 1. The Morgan fingerprint density at radius 2 is 2.29 bits per heavy atom. The number of thioether (sulfide) groups is 1. The minimum atomic E-state index is 0.0270. The average Bonchev–Trinajstić information content (AvgIpc) is 2.98. The van der Waals surface area contributed by atoms with Crippen molar-refractivity contribution in [3.63, 3.8) is 0 Å². The van der Waals surface area contributed by atoms with Crippen molar-refractivity contribution in [1.82, 2.24) is 19.8 Å². The van der Waals surface area contributed by atoms with Crippen LogP contribution in [0.15, 0.2) is 41.8 Å². The van der Waals surface area contributed by atoms with E-state index >= 15 is 0 Å². The van der Waals surface area contributed by atoms with Gasteiger partial charge in [0.05, 0.1) is 0 Å². The number of nitrogens with one attached hydrogen (secondary N) is 1. The molecule has 0 spiro atoms. The van der Waals surface area contributed by atoms with Crippen LogP contribution in [0, 0.1) is 0 Å². The van der Waals surface area contributed by atoms with E-state index in [0.717, 1.165) is 48.0 Å². The first-order valence-corrected chi connectivity index (χ1v) is 9.29. The number of carbonyl (C=O) groups is 1. The molecule has 1 aromatic carbocycles. The SMILES string of the molecule is CN1CCC[C@@H](NC(=O)c2cccc(CSc3nccn3C)c2)C1. The smallest absolute Gasteiger partial charge is 0.251 e. The van der Waals surface area contributed by atoms with Gasteiger partial charge in [0.25, 0.3) is 5.91 Å². The monoisotopic (exact) mass is 344 g/mol. The van der Waals surface area contributed by atoms with Crippen LogP contribution in [0.25, 0.3) is 0 Å². The predicted octanol–water partition coefficient (Wildman–Crippen LogP) is 2.54. The number of benzene rings is 1. The molecule has 2 aromatic rings. The first-order valence-electron chi connectivity index (χ1n) is 8.30. The van der Waals surface area contributed by atoms with Crippen LogP contribution in [0.2, 0.25) is 0 Å². The van der Waals surface area contributed by atoms with Crippen molar-refractivity contribution in [3.8, 4) is 0 Å². The maximum Gasteiger partial charge on any atom is 0.251 e. The highest BCUT2D eigenvalue weighted by Crippen LogP contribution is 2.21. The lowest BCUT2D eigenvalue weighted by atomic mass is 10.1. The van der Waals surface area contributed by atoms with E-state index in [4.69, 9.17) is 0 Å². The minimum absolute atomic E-state index is 0.0270. The molecule has 0 bridgehead atoms. The van der Waals surface area contributed by atoms with Crippen LogP contribution in [0.4, 0.5) is 0 Å². The summed E-state index contributed by atoms with van der Waals surface area (Å²) in [5.74, 6) is 0.831. The molecule has 5 nitrogen and oxygen atoms in total. The van der Waals surface area contributed by atoms with E-state index in [9.17, 15) is 4.79 Å². The van der Waals surface area contributed by atoms with E-state index in [1.165, 1.54) is 0 Å². The molecule has 1 N–H and O–H groups in total. The zero-order valence-corrected chi connectivity index (χ0v) is 15.1. The van der Waals surface area contributed by atoms with Gasteiger partial charge in [-0.3, -0.25) is 4.79 Å². The van der Waals surface area contributed by atoms with E-state index in [2.05, 4.69) is 28.3 Å². The number of aromatic nitrogens is 2. The van der Waals surface area contributed by atoms with Crippen LogP contribution in [-0.2, 0) is 12.8 Å². The van der Waals surface area contributed by atoms with Crippen molar-refractivity contribution in [3.05, 3.63) is 47.8 Å². The lowest BCUT2D eigenvalue weighted by molar-refractivity contribution is 0.0912. The highest BCUT2D eigenvalue weighted by molar-refractivity contribution is 7.98. The molecule has 0 saturated carbocycles. The lowest BCUT2D eigenvalue weighted by Crippen LogP contribution is -2.46. The molecule has 0 radical (unpaired) electrons. The van der Waals surface area contributed by atoms with Gasteiger partial charge in [-0.2, -0.15) is 0 Å². The summed E-state index contributed by atoms with van der Waals surface area (Å²) in [6, 6.07) is 8.13. The van der Waals surface area contributed by atoms with Gasteiger partial charge in [0.2, 0.25) is 0 Å².